The van der Waals surface area contributed by atoms with Crippen LogP contribution in [-0.2, 0) is 14.3 Å². The Morgan fingerprint density at radius 2 is 1.96 bits per heavy atom. The SMILES string of the molecule is CCOC(=O)c1cccc(NC2=C(Cl)C(=O)N(C3CCCCC3)C2=O)c1. The van der Waals surface area contributed by atoms with Crippen LogP contribution in [0.2, 0.25) is 0 Å². The fourth-order valence-electron chi connectivity index (χ4n) is 3.38. The highest BCUT2D eigenvalue weighted by Crippen LogP contribution is 2.32. The van der Waals surface area contributed by atoms with Crippen LogP contribution in [-0.4, -0.2) is 35.3 Å². The molecular formula is C19H21ClN2O4. The molecule has 0 unspecified atom stereocenters. The number of benzene rings is 1. The molecule has 1 aromatic rings. The fraction of sp³-hybridized carbons (Fsp3) is 0.421. The molecule has 1 aromatic carbocycles. The van der Waals surface area contributed by atoms with Crippen LogP contribution in [0.25, 0.3) is 0 Å². The van der Waals surface area contributed by atoms with Crippen LogP contribution < -0.4 is 5.32 Å². The summed E-state index contributed by atoms with van der Waals surface area (Å²) in [5.41, 5.74) is 0.910. The zero-order valence-corrected chi connectivity index (χ0v) is 15.3. The number of hydrogen-bond acceptors (Lipinski definition) is 5. The molecule has 138 valence electrons. The third kappa shape index (κ3) is 3.60. The van der Waals surface area contributed by atoms with Crippen LogP contribution in [0, 0.1) is 0 Å². The first-order valence-electron chi connectivity index (χ1n) is 8.84. The van der Waals surface area contributed by atoms with Gasteiger partial charge in [-0.25, -0.2) is 4.79 Å². The van der Waals surface area contributed by atoms with E-state index < -0.39 is 17.8 Å². The standard InChI is InChI=1S/C19H21ClN2O4/c1-2-26-19(25)12-7-6-8-13(11-12)21-16-15(20)17(23)22(18(16)24)14-9-4-3-5-10-14/h6-8,11,14,21H,2-5,9-10H2,1H3. The lowest BCUT2D eigenvalue weighted by atomic mass is 9.94. The number of esters is 1. The van der Waals surface area contributed by atoms with E-state index in [1.165, 1.54) is 4.90 Å². The number of imide groups is 1. The van der Waals surface area contributed by atoms with Gasteiger partial charge in [0.1, 0.15) is 10.7 Å². The van der Waals surface area contributed by atoms with Crippen molar-refractivity contribution in [1.82, 2.24) is 4.90 Å². The summed E-state index contributed by atoms with van der Waals surface area (Å²) in [5, 5.41) is 2.80. The predicted octanol–water partition coefficient (Wildman–Crippen LogP) is 3.43. The normalized spacial score (nSPS) is 18.5. The molecule has 7 heteroatoms. The van der Waals surface area contributed by atoms with Gasteiger partial charge in [-0.2, -0.15) is 0 Å². The predicted molar refractivity (Wildman–Crippen MR) is 97.6 cm³/mol. The van der Waals surface area contributed by atoms with E-state index in [1.807, 2.05) is 0 Å². The number of carbonyl (C=O) groups is 3. The van der Waals surface area contributed by atoms with Gasteiger partial charge in [0.2, 0.25) is 0 Å². The summed E-state index contributed by atoms with van der Waals surface area (Å²) in [4.78, 5) is 38.4. The highest BCUT2D eigenvalue weighted by atomic mass is 35.5. The van der Waals surface area contributed by atoms with Gasteiger partial charge < -0.3 is 10.1 Å². The lowest BCUT2D eigenvalue weighted by Crippen LogP contribution is -2.42. The van der Waals surface area contributed by atoms with Gasteiger partial charge >= 0.3 is 5.97 Å². The van der Waals surface area contributed by atoms with E-state index in [-0.39, 0.29) is 23.4 Å². The Morgan fingerprint density at radius 1 is 1.23 bits per heavy atom. The Bertz CT molecular complexity index is 769. The molecule has 1 aliphatic carbocycles. The molecule has 0 spiro atoms. The molecule has 0 bridgehead atoms. The smallest absolute Gasteiger partial charge is 0.338 e. The molecule has 6 nitrogen and oxygen atoms in total. The Hall–Kier alpha value is -2.34. The maximum Gasteiger partial charge on any atom is 0.338 e. The van der Waals surface area contributed by atoms with Gasteiger partial charge in [0.15, 0.2) is 0 Å². The van der Waals surface area contributed by atoms with E-state index in [4.69, 9.17) is 16.3 Å². The van der Waals surface area contributed by atoms with Crippen molar-refractivity contribution in [3.8, 4) is 0 Å². The van der Waals surface area contributed by atoms with Gasteiger partial charge in [0.05, 0.1) is 12.2 Å². The van der Waals surface area contributed by atoms with Crippen LogP contribution >= 0.6 is 11.6 Å². The Labute approximate surface area is 157 Å². The van der Waals surface area contributed by atoms with Gasteiger partial charge in [0.25, 0.3) is 11.8 Å². The maximum absolute atomic E-state index is 12.8. The van der Waals surface area contributed by atoms with E-state index in [0.717, 1.165) is 32.1 Å². The fourth-order valence-corrected chi connectivity index (χ4v) is 3.60. The number of nitrogens with zero attached hydrogens (tertiary/aromatic N) is 1. The minimum Gasteiger partial charge on any atom is -0.462 e. The van der Waals surface area contributed by atoms with Crippen LogP contribution in [0.15, 0.2) is 35.0 Å². The van der Waals surface area contributed by atoms with Crippen LogP contribution in [0.4, 0.5) is 5.69 Å². The summed E-state index contributed by atoms with van der Waals surface area (Å²) >= 11 is 6.15. The first-order valence-corrected chi connectivity index (χ1v) is 9.22. The summed E-state index contributed by atoms with van der Waals surface area (Å²) < 4.78 is 4.97. The van der Waals surface area contributed by atoms with Gasteiger partial charge in [0, 0.05) is 11.7 Å². The van der Waals surface area contributed by atoms with E-state index >= 15 is 0 Å². The summed E-state index contributed by atoms with van der Waals surface area (Å²) in [6.45, 7) is 2.00. The van der Waals surface area contributed by atoms with E-state index in [2.05, 4.69) is 5.32 Å². The summed E-state index contributed by atoms with van der Waals surface area (Å²) in [5.74, 6) is -1.31. The summed E-state index contributed by atoms with van der Waals surface area (Å²) in [6, 6.07) is 6.46. The van der Waals surface area contributed by atoms with Crippen molar-refractivity contribution in [1.29, 1.82) is 0 Å². The minimum absolute atomic E-state index is 0.0586. The number of rotatable bonds is 5. The van der Waals surface area contributed by atoms with Crippen molar-refractivity contribution >= 4 is 35.1 Å². The second kappa shape index (κ2) is 7.91. The molecular weight excluding hydrogens is 356 g/mol. The topological polar surface area (TPSA) is 75.7 Å². The molecule has 1 aliphatic heterocycles. The number of halogens is 1. The molecule has 3 rings (SSSR count). The number of hydrogen-bond donors (Lipinski definition) is 1. The number of ether oxygens (including phenoxy) is 1. The largest absolute Gasteiger partial charge is 0.462 e. The molecule has 2 aliphatic rings. The zero-order chi connectivity index (χ0) is 18.7. The van der Waals surface area contributed by atoms with Crippen molar-refractivity contribution in [3.63, 3.8) is 0 Å². The van der Waals surface area contributed by atoms with Crippen molar-refractivity contribution < 1.29 is 19.1 Å². The lowest BCUT2D eigenvalue weighted by molar-refractivity contribution is -0.140. The van der Waals surface area contributed by atoms with Crippen molar-refractivity contribution in [2.45, 2.75) is 45.1 Å². The Balaban J connectivity index is 1.79. The quantitative estimate of drug-likeness (QED) is 0.629. The first-order chi connectivity index (χ1) is 12.5. The first kappa shape index (κ1) is 18.5. The highest BCUT2D eigenvalue weighted by Gasteiger charge is 2.42. The third-order valence-electron chi connectivity index (χ3n) is 4.64. The van der Waals surface area contributed by atoms with Gasteiger partial charge in [-0.05, 0) is 38.0 Å². The minimum atomic E-state index is -0.451. The van der Waals surface area contributed by atoms with Crippen molar-refractivity contribution in [3.05, 3.63) is 40.6 Å². The zero-order valence-electron chi connectivity index (χ0n) is 14.6. The van der Waals surface area contributed by atoms with Crippen molar-refractivity contribution in [2.24, 2.45) is 0 Å². The third-order valence-corrected chi connectivity index (χ3v) is 4.99. The van der Waals surface area contributed by atoms with Crippen LogP contribution in [0.3, 0.4) is 0 Å². The molecule has 1 heterocycles. The van der Waals surface area contributed by atoms with Crippen molar-refractivity contribution in [2.75, 3.05) is 11.9 Å². The lowest BCUT2D eigenvalue weighted by Gasteiger charge is -2.29. The van der Waals surface area contributed by atoms with E-state index in [1.54, 1.807) is 31.2 Å². The summed E-state index contributed by atoms with van der Waals surface area (Å²) in [7, 11) is 0. The number of anilines is 1. The molecule has 0 aromatic heterocycles. The number of carbonyl (C=O) groups excluding carboxylic acids is 3. The molecule has 26 heavy (non-hydrogen) atoms. The Morgan fingerprint density at radius 3 is 2.65 bits per heavy atom. The maximum atomic E-state index is 12.8. The van der Waals surface area contributed by atoms with Crippen LogP contribution in [0.5, 0.6) is 0 Å². The van der Waals surface area contributed by atoms with Gasteiger partial charge in [-0.15, -0.1) is 0 Å². The molecule has 1 fully saturated rings. The summed E-state index contributed by atoms with van der Waals surface area (Å²) in [6.07, 6.45) is 4.76. The van der Waals surface area contributed by atoms with E-state index in [0.29, 0.717) is 11.3 Å². The molecule has 1 N–H and O–H groups in total. The van der Waals surface area contributed by atoms with Gasteiger partial charge in [-0.1, -0.05) is 36.9 Å². The molecule has 1 saturated carbocycles. The monoisotopic (exact) mass is 376 g/mol. The molecule has 2 amide bonds. The molecule has 0 saturated heterocycles. The number of amides is 2. The van der Waals surface area contributed by atoms with Gasteiger partial charge in [-0.3, -0.25) is 14.5 Å². The molecule has 0 atom stereocenters. The number of nitrogens with one attached hydrogen (secondary N) is 1. The second-order valence-corrected chi connectivity index (χ2v) is 6.77. The van der Waals surface area contributed by atoms with Crippen LogP contribution in [0.1, 0.15) is 49.4 Å². The molecule has 0 radical (unpaired) electrons. The Kier molecular flexibility index (Phi) is 5.61. The average molecular weight is 377 g/mol. The second-order valence-electron chi connectivity index (χ2n) is 6.39. The average Bonchev–Trinajstić information content (AvgIpc) is 2.86. The highest BCUT2D eigenvalue weighted by molar-refractivity contribution is 6.48. The van der Waals surface area contributed by atoms with E-state index in [9.17, 15) is 14.4 Å².